The van der Waals surface area contributed by atoms with Crippen molar-refractivity contribution < 1.29 is 4.74 Å². The SMILES string of the molecule is COc1cccc(N(C)c2ccccc2C(N)=S)n1. The lowest BCUT2D eigenvalue weighted by atomic mass is 10.1. The molecule has 0 fully saturated rings. The first-order chi connectivity index (χ1) is 9.13. The zero-order valence-electron chi connectivity index (χ0n) is 10.8. The average molecular weight is 273 g/mol. The van der Waals surface area contributed by atoms with Crippen molar-refractivity contribution in [1.29, 1.82) is 0 Å². The molecule has 4 nitrogen and oxygen atoms in total. The van der Waals surface area contributed by atoms with Gasteiger partial charge in [-0.3, -0.25) is 0 Å². The van der Waals surface area contributed by atoms with Crippen LogP contribution >= 0.6 is 12.2 Å². The molecule has 0 bridgehead atoms. The standard InChI is InChI=1S/C14H15N3OS/c1-17(12-8-5-9-13(16-12)18-2)11-7-4-3-6-10(11)14(15)19/h3-9H,1-2H3,(H2,15,19). The number of para-hydroxylation sites is 1. The summed E-state index contributed by atoms with van der Waals surface area (Å²) in [5.74, 6) is 1.33. The molecule has 98 valence electrons. The lowest BCUT2D eigenvalue weighted by Gasteiger charge is -2.21. The van der Waals surface area contributed by atoms with Crippen molar-refractivity contribution in [3.63, 3.8) is 0 Å². The molecular weight excluding hydrogens is 258 g/mol. The predicted molar refractivity (Wildman–Crippen MR) is 81.2 cm³/mol. The summed E-state index contributed by atoms with van der Waals surface area (Å²) in [7, 11) is 3.51. The van der Waals surface area contributed by atoms with E-state index in [4.69, 9.17) is 22.7 Å². The van der Waals surface area contributed by atoms with E-state index < -0.39 is 0 Å². The smallest absolute Gasteiger partial charge is 0.214 e. The van der Waals surface area contributed by atoms with Crippen LogP contribution in [0.3, 0.4) is 0 Å². The van der Waals surface area contributed by atoms with Gasteiger partial charge in [-0.25, -0.2) is 0 Å². The molecule has 0 spiro atoms. The lowest BCUT2D eigenvalue weighted by Crippen LogP contribution is -2.18. The van der Waals surface area contributed by atoms with Crippen LogP contribution < -0.4 is 15.4 Å². The number of rotatable bonds is 4. The summed E-state index contributed by atoms with van der Waals surface area (Å²) in [5, 5.41) is 0. The molecule has 1 aromatic carbocycles. The highest BCUT2D eigenvalue weighted by molar-refractivity contribution is 7.80. The minimum Gasteiger partial charge on any atom is -0.481 e. The molecule has 0 radical (unpaired) electrons. The van der Waals surface area contributed by atoms with Gasteiger partial charge >= 0.3 is 0 Å². The van der Waals surface area contributed by atoms with Gasteiger partial charge in [-0.05, 0) is 18.2 Å². The summed E-state index contributed by atoms with van der Waals surface area (Å²) in [6.45, 7) is 0. The van der Waals surface area contributed by atoms with Gasteiger partial charge in [0.2, 0.25) is 5.88 Å². The van der Waals surface area contributed by atoms with Crippen LogP contribution in [0, 0.1) is 0 Å². The fourth-order valence-corrected chi connectivity index (χ4v) is 1.97. The Morgan fingerprint density at radius 3 is 2.63 bits per heavy atom. The topological polar surface area (TPSA) is 51.4 Å². The minimum atomic E-state index is 0.366. The number of nitrogens with two attached hydrogens (primary N) is 1. The molecule has 0 aliphatic heterocycles. The maximum absolute atomic E-state index is 5.75. The van der Waals surface area contributed by atoms with E-state index in [0.717, 1.165) is 17.1 Å². The van der Waals surface area contributed by atoms with E-state index in [0.29, 0.717) is 10.9 Å². The number of ether oxygens (including phenoxy) is 1. The van der Waals surface area contributed by atoms with Crippen molar-refractivity contribution in [1.82, 2.24) is 4.98 Å². The Morgan fingerprint density at radius 2 is 1.95 bits per heavy atom. The van der Waals surface area contributed by atoms with Crippen LogP contribution in [0.5, 0.6) is 5.88 Å². The maximum Gasteiger partial charge on any atom is 0.214 e. The van der Waals surface area contributed by atoms with Gasteiger partial charge < -0.3 is 15.4 Å². The fourth-order valence-electron chi connectivity index (χ4n) is 1.80. The predicted octanol–water partition coefficient (Wildman–Crippen LogP) is 2.49. The Morgan fingerprint density at radius 1 is 1.21 bits per heavy atom. The van der Waals surface area contributed by atoms with Crippen LogP contribution in [0.2, 0.25) is 0 Å². The Bertz CT molecular complexity index is 601. The number of aromatic nitrogens is 1. The number of pyridine rings is 1. The highest BCUT2D eigenvalue weighted by Gasteiger charge is 2.11. The average Bonchev–Trinajstić information content (AvgIpc) is 2.46. The molecule has 1 aromatic heterocycles. The van der Waals surface area contributed by atoms with E-state index in [1.54, 1.807) is 13.2 Å². The first-order valence-electron chi connectivity index (χ1n) is 5.77. The van der Waals surface area contributed by atoms with E-state index in [2.05, 4.69) is 4.98 Å². The van der Waals surface area contributed by atoms with Crippen molar-refractivity contribution in [3.05, 3.63) is 48.0 Å². The molecule has 5 heteroatoms. The molecule has 0 amide bonds. The van der Waals surface area contributed by atoms with E-state index in [-0.39, 0.29) is 0 Å². The maximum atomic E-state index is 5.75. The second kappa shape index (κ2) is 5.67. The van der Waals surface area contributed by atoms with Crippen LogP contribution in [0.1, 0.15) is 5.56 Å². The highest BCUT2D eigenvalue weighted by Crippen LogP contribution is 2.26. The third-order valence-corrected chi connectivity index (χ3v) is 3.01. The first kappa shape index (κ1) is 13.3. The summed E-state index contributed by atoms with van der Waals surface area (Å²) in [4.78, 5) is 6.68. The van der Waals surface area contributed by atoms with Crippen LogP contribution in [0.15, 0.2) is 42.5 Å². The van der Waals surface area contributed by atoms with Crippen LogP contribution in [0.25, 0.3) is 0 Å². The first-order valence-corrected chi connectivity index (χ1v) is 6.18. The zero-order valence-corrected chi connectivity index (χ0v) is 11.6. The third-order valence-electron chi connectivity index (χ3n) is 2.79. The number of nitrogens with zero attached hydrogens (tertiary/aromatic N) is 2. The number of methoxy groups -OCH3 is 1. The molecule has 2 N–H and O–H groups in total. The molecule has 2 rings (SSSR count). The Kier molecular flexibility index (Phi) is 3.97. The summed E-state index contributed by atoms with van der Waals surface area (Å²) >= 11 is 5.07. The molecule has 1 heterocycles. The monoisotopic (exact) mass is 273 g/mol. The summed E-state index contributed by atoms with van der Waals surface area (Å²) in [6.07, 6.45) is 0. The summed E-state index contributed by atoms with van der Waals surface area (Å²) in [6, 6.07) is 13.3. The van der Waals surface area contributed by atoms with Crippen molar-refractivity contribution in [3.8, 4) is 5.88 Å². The second-order valence-electron chi connectivity index (χ2n) is 3.98. The summed E-state index contributed by atoms with van der Waals surface area (Å²) < 4.78 is 5.13. The van der Waals surface area contributed by atoms with Crippen molar-refractivity contribution in [2.45, 2.75) is 0 Å². The Hall–Kier alpha value is -2.14. The van der Waals surface area contributed by atoms with Gasteiger partial charge in [0.05, 0.1) is 12.8 Å². The van der Waals surface area contributed by atoms with Gasteiger partial charge in [-0.1, -0.05) is 30.4 Å². The number of hydrogen-bond donors (Lipinski definition) is 1. The van der Waals surface area contributed by atoms with Gasteiger partial charge in [-0.15, -0.1) is 0 Å². The molecule has 0 unspecified atom stereocenters. The van der Waals surface area contributed by atoms with E-state index >= 15 is 0 Å². The van der Waals surface area contributed by atoms with E-state index in [9.17, 15) is 0 Å². The Balaban J connectivity index is 2.43. The molecule has 19 heavy (non-hydrogen) atoms. The lowest BCUT2D eigenvalue weighted by molar-refractivity contribution is 0.398. The molecule has 0 aliphatic carbocycles. The largest absolute Gasteiger partial charge is 0.481 e. The van der Waals surface area contributed by atoms with Crippen LogP contribution in [-0.2, 0) is 0 Å². The van der Waals surface area contributed by atoms with Crippen molar-refractivity contribution >= 4 is 28.7 Å². The molecule has 2 aromatic rings. The fraction of sp³-hybridized carbons (Fsp3) is 0.143. The number of thiocarbonyl (C=S) groups is 1. The molecule has 0 aliphatic rings. The van der Waals surface area contributed by atoms with Crippen molar-refractivity contribution in [2.24, 2.45) is 5.73 Å². The van der Waals surface area contributed by atoms with E-state index in [1.807, 2.05) is 48.3 Å². The third kappa shape index (κ3) is 2.82. The van der Waals surface area contributed by atoms with Gasteiger partial charge in [0, 0.05) is 18.7 Å². The second-order valence-corrected chi connectivity index (χ2v) is 4.42. The highest BCUT2D eigenvalue weighted by atomic mass is 32.1. The Labute approximate surface area is 117 Å². The van der Waals surface area contributed by atoms with Gasteiger partial charge in [0.1, 0.15) is 10.8 Å². The van der Waals surface area contributed by atoms with Crippen LogP contribution in [-0.4, -0.2) is 24.1 Å². The van der Waals surface area contributed by atoms with Gasteiger partial charge in [0.25, 0.3) is 0 Å². The number of hydrogen-bond acceptors (Lipinski definition) is 4. The van der Waals surface area contributed by atoms with E-state index in [1.165, 1.54) is 0 Å². The molecule has 0 saturated carbocycles. The van der Waals surface area contributed by atoms with Crippen LogP contribution in [0.4, 0.5) is 11.5 Å². The summed E-state index contributed by atoms with van der Waals surface area (Å²) in [5.41, 5.74) is 7.48. The molecule has 0 atom stereocenters. The normalized spacial score (nSPS) is 10.0. The molecule has 0 saturated heterocycles. The zero-order chi connectivity index (χ0) is 13.8. The molecular formula is C14H15N3OS. The van der Waals surface area contributed by atoms with Crippen molar-refractivity contribution in [2.75, 3.05) is 19.1 Å². The quantitative estimate of drug-likeness (QED) is 0.867. The minimum absolute atomic E-state index is 0.366. The van der Waals surface area contributed by atoms with Gasteiger partial charge in [0.15, 0.2) is 0 Å². The number of anilines is 2. The van der Waals surface area contributed by atoms with Gasteiger partial charge in [-0.2, -0.15) is 4.98 Å². The number of benzene rings is 1.